The molecule has 3 aromatic rings. The highest BCUT2D eigenvalue weighted by Crippen LogP contribution is 2.28. The number of amides is 1. The van der Waals surface area contributed by atoms with Crippen LogP contribution in [-0.2, 0) is 6.18 Å². The molecule has 12 heteroatoms. The predicted molar refractivity (Wildman–Crippen MR) is 103 cm³/mol. The Hall–Kier alpha value is -3.57. The van der Waals surface area contributed by atoms with Gasteiger partial charge in [0, 0.05) is 31.0 Å². The third-order valence-electron chi connectivity index (χ3n) is 4.87. The molecule has 1 aliphatic heterocycles. The number of aryl methyl sites for hydroxylation is 1. The first-order chi connectivity index (χ1) is 14.8. The fourth-order valence-corrected chi connectivity index (χ4v) is 3.42. The summed E-state index contributed by atoms with van der Waals surface area (Å²) in [4.78, 5) is 26.7. The number of likely N-dealkylation sites (tertiary alicyclic amines) is 1. The van der Waals surface area contributed by atoms with Crippen molar-refractivity contribution in [3.63, 3.8) is 0 Å². The number of carbonyl (C=O) groups excluding carboxylic acids is 1. The predicted octanol–water partition coefficient (Wildman–Crippen LogP) is 2.50. The maximum Gasteiger partial charge on any atom is 0.433 e. The molecular formula is C19H19F3N8O. The van der Waals surface area contributed by atoms with Crippen molar-refractivity contribution in [1.82, 2.24) is 34.8 Å². The molecule has 1 unspecified atom stereocenters. The number of rotatable bonds is 4. The lowest BCUT2D eigenvalue weighted by Crippen LogP contribution is -2.45. The molecule has 1 saturated heterocycles. The third kappa shape index (κ3) is 4.62. The van der Waals surface area contributed by atoms with Crippen molar-refractivity contribution in [1.29, 1.82) is 0 Å². The van der Waals surface area contributed by atoms with Crippen molar-refractivity contribution in [3.8, 4) is 5.82 Å². The highest BCUT2D eigenvalue weighted by Gasteiger charge is 2.33. The molecule has 3 aromatic heterocycles. The summed E-state index contributed by atoms with van der Waals surface area (Å²) < 4.78 is 40.1. The number of pyridine rings is 1. The van der Waals surface area contributed by atoms with E-state index in [-0.39, 0.29) is 17.9 Å². The average molecular weight is 432 g/mol. The van der Waals surface area contributed by atoms with E-state index in [1.54, 1.807) is 23.2 Å². The number of halogens is 3. The van der Waals surface area contributed by atoms with E-state index in [2.05, 4.69) is 30.6 Å². The van der Waals surface area contributed by atoms with Gasteiger partial charge in [-0.2, -0.15) is 13.2 Å². The number of alkyl halides is 3. The van der Waals surface area contributed by atoms with Crippen molar-refractivity contribution >= 4 is 11.9 Å². The van der Waals surface area contributed by atoms with Gasteiger partial charge in [0.15, 0.2) is 5.82 Å². The van der Waals surface area contributed by atoms with Crippen LogP contribution in [-0.4, -0.2) is 59.9 Å². The molecule has 1 N–H and O–H groups in total. The number of hydrogen-bond donors (Lipinski definition) is 1. The highest BCUT2D eigenvalue weighted by molar-refractivity contribution is 5.97. The van der Waals surface area contributed by atoms with Gasteiger partial charge in [0.25, 0.3) is 5.91 Å². The van der Waals surface area contributed by atoms with Crippen LogP contribution in [0.5, 0.6) is 0 Å². The van der Waals surface area contributed by atoms with Gasteiger partial charge >= 0.3 is 6.18 Å². The Morgan fingerprint density at radius 1 is 1.19 bits per heavy atom. The SMILES string of the molecule is Cc1ccc(C(=O)N2CCCC(Nc3nccc(C(F)(F)F)n3)C2)c(-n2ccnn2)n1. The van der Waals surface area contributed by atoms with E-state index < -0.39 is 11.9 Å². The van der Waals surface area contributed by atoms with Crippen molar-refractivity contribution in [2.45, 2.75) is 32.0 Å². The van der Waals surface area contributed by atoms with Gasteiger partial charge in [-0.15, -0.1) is 5.10 Å². The normalized spacial score (nSPS) is 16.9. The van der Waals surface area contributed by atoms with Crippen LogP contribution in [0.1, 0.15) is 34.6 Å². The number of nitrogens with zero attached hydrogens (tertiary/aromatic N) is 7. The van der Waals surface area contributed by atoms with Gasteiger partial charge in [-0.05, 0) is 38.0 Å². The molecule has 0 aromatic carbocycles. The fraction of sp³-hybridized carbons (Fsp3) is 0.368. The first-order valence-electron chi connectivity index (χ1n) is 9.61. The van der Waals surface area contributed by atoms with Crippen molar-refractivity contribution in [2.75, 3.05) is 18.4 Å². The van der Waals surface area contributed by atoms with Gasteiger partial charge in [-0.3, -0.25) is 4.79 Å². The molecule has 4 rings (SSSR count). The van der Waals surface area contributed by atoms with Gasteiger partial charge in [-0.1, -0.05) is 5.21 Å². The molecular weight excluding hydrogens is 413 g/mol. The number of anilines is 1. The zero-order chi connectivity index (χ0) is 22.0. The van der Waals surface area contributed by atoms with Gasteiger partial charge in [0.05, 0.1) is 18.0 Å². The minimum Gasteiger partial charge on any atom is -0.350 e. The van der Waals surface area contributed by atoms with E-state index in [1.165, 1.54) is 10.9 Å². The molecule has 0 bridgehead atoms. The molecule has 31 heavy (non-hydrogen) atoms. The van der Waals surface area contributed by atoms with Crippen LogP contribution in [0.25, 0.3) is 5.82 Å². The molecule has 0 spiro atoms. The van der Waals surface area contributed by atoms with Crippen LogP contribution in [0.4, 0.5) is 19.1 Å². The van der Waals surface area contributed by atoms with Crippen molar-refractivity contribution in [2.24, 2.45) is 0 Å². The average Bonchev–Trinajstić information content (AvgIpc) is 3.28. The van der Waals surface area contributed by atoms with Gasteiger partial charge in [-0.25, -0.2) is 19.6 Å². The molecule has 1 aliphatic rings. The smallest absolute Gasteiger partial charge is 0.350 e. The molecule has 1 amide bonds. The second kappa shape index (κ2) is 8.28. The Morgan fingerprint density at radius 3 is 2.77 bits per heavy atom. The first kappa shape index (κ1) is 20.7. The zero-order valence-electron chi connectivity index (χ0n) is 16.5. The number of piperidine rings is 1. The van der Waals surface area contributed by atoms with Crippen LogP contribution in [0, 0.1) is 6.92 Å². The summed E-state index contributed by atoms with van der Waals surface area (Å²) in [5.74, 6) is 0.0164. The van der Waals surface area contributed by atoms with Crippen LogP contribution < -0.4 is 5.32 Å². The van der Waals surface area contributed by atoms with Crippen LogP contribution in [0.15, 0.2) is 36.8 Å². The fourth-order valence-electron chi connectivity index (χ4n) is 3.42. The largest absolute Gasteiger partial charge is 0.433 e. The lowest BCUT2D eigenvalue weighted by atomic mass is 10.0. The Morgan fingerprint density at radius 2 is 2.03 bits per heavy atom. The molecule has 4 heterocycles. The summed E-state index contributed by atoms with van der Waals surface area (Å²) >= 11 is 0. The number of aromatic nitrogens is 6. The maximum atomic E-state index is 13.2. The summed E-state index contributed by atoms with van der Waals surface area (Å²) in [5, 5.41) is 10.6. The monoisotopic (exact) mass is 432 g/mol. The van der Waals surface area contributed by atoms with Crippen molar-refractivity contribution in [3.05, 3.63) is 53.7 Å². The molecule has 162 valence electrons. The zero-order valence-corrected chi connectivity index (χ0v) is 16.5. The topological polar surface area (TPSA) is 102 Å². The van der Waals surface area contributed by atoms with Crippen LogP contribution in [0.2, 0.25) is 0 Å². The highest BCUT2D eigenvalue weighted by atomic mass is 19.4. The second-order valence-corrected chi connectivity index (χ2v) is 7.17. The minimum atomic E-state index is -4.55. The molecule has 9 nitrogen and oxygen atoms in total. The Bertz CT molecular complexity index is 1070. The molecule has 0 saturated carbocycles. The quantitative estimate of drug-likeness (QED) is 0.676. The van der Waals surface area contributed by atoms with E-state index in [4.69, 9.17) is 0 Å². The minimum absolute atomic E-state index is 0.116. The molecule has 1 fully saturated rings. The van der Waals surface area contributed by atoms with E-state index >= 15 is 0 Å². The second-order valence-electron chi connectivity index (χ2n) is 7.17. The maximum absolute atomic E-state index is 13.2. The van der Waals surface area contributed by atoms with Gasteiger partial charge < -0.3 is 10.2 Å². The van der Waals surface area contributed by atoms with E-state index in [0.717, 1.165) is 18.0 Å². The van der Waals surface area contributed by atoms with Gasteiger partial charge in [0.2, 0.25) is 5.95 Å². The Kier molecular flexibility index (Phi) is 5.53. The summed E-state index contributed by atoms with van der Waals surface area (Å²) in [7, 11) is 0. The Labute approximate surface area is 175 Å². The summed E-state index contributed by atoms with van der Waals surface area (Å²) in [6.07, 6.45) is 0.959. The molecule has 0 radical (unpaired) electrons. The number of carbonyl (C=O) groups is 1. The van der Waals surface area contributed by atoms with Crippen LogP contribution >= 0.6 is 0 Å². The van der Waals surface area contributed by atoms with E-state index in [9.17, 15) is 18.0 Å². The van der Waals surface area contributed by atoms with E-state index in [1.807, 2.05) is 6.92 Å². The lowest BCUT2D eigenvalue weighted by molar-refractivity contribution is -0.141. The first-order valence-corrected chi connectivity index (χ1v) is 9.61. The molecule has 0 aliphatic carbocycles. The number of hydrogen-bond acceptors (Lipinski definition) is 7. The van der Waals surface area contributed by atoms with Crippen molar-refractivity contribution < 1.29 is 18.0 Å². The third-order valence-corrected chi connectivity index (χ3v) is 4.87. The lowest BCUT2D eigenvalue weighted by Gasteiger charge is -2.33. The van der Waals surface area contributed by atoms with E-state index in [0.29, 0.717) is 37.3 Å². The van der Waals surface area contributed by atoms with Crippen LogP contribution in [0.3, 0.4) is 0 Å². The molecule has 1 atom stereocenters. The van der Waals surface area contributed by atoms with Gasteiger partial charge in [0.1, 0.15) is 5.69 Å². The number of nitrogens with one attached hydrogen (secondary N) is 1. The standard InChI is InChI=1S/C19H19F3N8O/c1-12-4-5-14(16(25-12)30-10-8-24-28-30)17(31)29-9-2-3-13(11-29)26-18-23-7-6-15(27-18)19(20,21)22/h4-8,10,13H,2-3,9,11H2,1H3,(H,23,26,27). The summed E-state index contributed by atoms with van der Waals surface area (Å²) in [6.45, 7) is 2.62. The Balaban J connectivity index is 1.52. The summed E-state index contributed by atoms with van der Waals surface area (Å²) in [5.41, 5.74) is 0.0750. The summed E-state index contributed by atoms with van der Waals surface area (Å²) in [6, 6.07) is 3.96.